The molecular formula is C55H61ClO12. The number of rotatable bonds is 19. The molecule has 0 radical (unpaired) electrons. The Bertz CT molecular complexity index is 2520. The van der Waals surface area contributed by atoms with Crippen molar-refractivity contribution in [2.24, 2.45) is 0 Å². The normalized spacial score (nSPS) is 10.6. The molecular weight excluding hydrogens is 888 g/mol. The smallest absolute Gasteiger partial charge is 0.203 e. The number of halogens is 1. The second-order valence-corrected chi connectivity index (χ2v) is 16.7. The van der Waals surface area contributed by atoms with Crippen LogP contribution in [0.15, 0.2) is 109 Å². The van der Waals surface area contributed by atoms with E-state index in [9.17, 15) is 45.0 Å². The molecule has 0 spiro atoms. The van der Waals surface area contributed by atoms with Gasteiger partial charge in [-0.25, -0.2) is 0 Å². The van der Waals surface area contributed by atoms with E-state index in [0.717, 1.165) is 24.8 Å². The minimum absolute atomic E-state index is 0.00993. The number of benzene rings is 6. The number of ketones is 3. The minimum atomic E-state index is -0.380. The van der Waals surface area contributed by atoms with Crippen LogP contribution in [0, 0.1) is 6.92 Å². The zero-order valence-corrected chi connectivity index (χ0v) is 40.1. The van der Waals surface area contributed by atoms with Crippen molar-refractivity contribution in [1.29, 1.82) is 0 Å². The summed E-state index contributed by atoms with van der Waals surface area (Å²) in [6.45, 7) is 11.5. The molecule has 0 aliphatic carbocycles. The first-order valence-electron chi connectivity index (χ1n) is 22.5. The van der Waals surface area contributed by atoms with Gasteiger partial charge in [-0.15, -0.1) is 0 Å². The maximum absolute atomic E-state index is 12.3. The summed E-state index contributed by atoms with van der Waals surface area (Å²) in [5.74, 6) is 0.372. The molecule has 0 aliphatic heterocycles. The summed E-state index contributed by atoms with van der Waals surface area (Å²) in [6, 6.07) is 30.1. The maximum atomic E-state index is 12.3. The maximum Gasteiger partial charge on any atom is 0.203 e. The number of carbonyl (C=O) groups excluding carboxylic acids is 3. The molecule has 6 aromatic carbocycles. The van der Waals surface area contributed by atoms with Crippen molar-refractivity contribution in [1.82, 2.24) is 0 Å². The van der Waals surface area contributed by atoms with Gasteiger partial charge in [0.1, 0.15) is 51.7 Å². The molecule has 0 saturated carbocycles. The lowest BCUT2D eigenvalue weighted by Gasteiger charge is -2.11. The summed E-state index contributed by atoms with van der Waals surface area (Å²) >= 11 is 5.95. The van der Waals surface area contributed by atoms with Gasteiger partial charge in [-0.05, 0) is 108 Å². The highest BCUT2D eigenvalue weighted by molar-refractivity contribution is 6.32. The highest BCUT2D eigenvalue weighted by Crippen LogP contribution is 2.32. The summed E-state index contributed by atoms with van der Waals surface area (Å²) in [7, 11) is 0. The van der Waals surface area contributed by atoms with Gasteiger partial charge in [0.2, 0.25) is 17.3 Å². The lowest BCUT2D eigenvalue weighted by Crippen LogP contribution is -2.12. The number of aryl methyl sites for hydroxylation is 4. The van der Waals surface area contributed by atoms with E-state index in [0.29, 0.717) is 64.1 Å². The first-order chi connectivity index (χ1) is 32.5. The molecule has 0 fully saturated rings. The monoisotopic (exact) mass is 948 g/mol. The zero-order chi connectivity index (χ0) is 49.9. The number of aromatic hydroxyl groups is 6. The van der Waals surface area contributed by atoms with Crippen LogP contribution in [0.2, 0.25) is 5.02 Å². The van der Waals surface area contributed by atoms with Crippen LogP contribution in [0.25, 0.3) is 0 Å². The van der Waals surface area contributed by atoms with Crippen molar-refractivity contribution in [3.63, 3.8) is 0 Å². The number of hydrogen-bond donors (Lipinski definition) is 6. The SMILES string of the molecule is CCCc1cc(C(=O)COc2ccc(C(C)C)cc2)c(O)cc1O.CCCc1cc(C(=O)COc2ccccc2C)c(O)cc1O.CCCc1cc(C(=O)COc2ccccc2Cl)c(O)cc1O. The molecule has 0 atom stereocenters. The molecule has 0 aromatic heterocycles. The van der Waals surface area contributed by atoms with Crippen LogP contribution in [-0.2, 0) is 19.3 Å². The van der Waals surface area contributed by atoms with Crippen molar-refractivity contribution in [3.8, 4) is 51.7 Å². The van der Waals surface area contributed by atoms with Crippen LogP contribution in [0.1, 0.15) is 119 Å². The summed E-state index contributed by atoms with van der Waals surface area (Å²) in [4.78, 5) is 36.8. The summed E-state index contributed by atoms with van der Waals surface area (Å²) in [6.07, 6.45) is 4.41. The standard InChI is InChI=1S/C20H24O4.C18H20O4.C17H17ClO4/c1-4-5-15-10-17(19(22)11-18(15)21)20(23)12-24-16-8-6-14(7-9-16)13(2)3;1-3-6-13-9-14(16(20)10-15(13)19)17(21)11-22-18-8-5-4-7-12(18)2;1-2-5-11-8-12(15(20)9-14(11)19)16(21)10-22-17-7-4-3-6-13(17)18/h6-11,13,21-22H,4-5,12H2,1-3H3;4-5,7-10,19-20H,3,6,11H2,1-2H3;3-4,6-9,19-20H,2,5,10H2,1H3. The van der Waals surface area contributed by atoms with Crippen molar-refractivity contribution in [2.75, 3.05) is 19.8 Å². The molecule has 6 rings (SSSR count). The van der Waals surface area contributed by atoms with E-state index in [1.807, 2.05) is 70.2 Å². The number of ether oxygens (including phenoxy) is 3. The van der Waals surface area contributed by atoms with Gasteiger partial charge in [-0.2, -0.15) is 0 Å². The fraction of sp³-hybridized carbons (Fsp3) is 0.291. The Balaban J connectivity index is 0.000000223. The molecule has 12 nitrogen and oxygen atoms in total. The number of hydrogen-bond acceptors (Lipinski definition) is 12. The molecule has 13 heteroatoms. The molecule has 0 bridgehead atoms. The van der Waals surface area contributed by atoms with Gasteiger partial charge in [-0.1, -0.05) is 108 Å². The van der Waals surface area contributed by atoms with E-state index >= 15 is 0 Å². The Morgan fingerprint density at radius 1 is 0.485 bits per heavy atom. The third kappa shape index (κ3) is 15.4. The predicted octanol–water partition coefficient (Wildman–Crippen LogP) is 12.0. The van der Waals surface area contributed by atoms with Crippen molar-refractivity contribution in [3.05, 3.63) is 159 Å². The van der Waals surface area contributed by atoms with E-state index in [-0.39, 0.29) is 88.4 Å². The number of para-hydroxylation sites is 2. The molecule has 360 valence electrons. The first kappa shape index (κ1) is 53.4. The average molecular weight is 950 g/mol. The van der Waals surface area contributed by atoms with Crippen LogP contribution in [0.4, 0.5) is 0 Å². The Hall–Kier alpha value is -7.18. The Morgan fingerprint density at radius 2 is 0.853 bits per heavy atom. The third-order valence-corrected chi connectivity index (χ3v) is 10.9. The molecule has 0 unspecified atom stereocenters. The van der Waals surface area contributed by atoms with Crippen LogP contribution in [0.3, 0.4) is 0 Å². The fourth-order valence-corrected chi connectivity index (χ4v) is 7.03. The van der Waals surface area contributed by atoms with Crippen molar-refractivity contribution in [2.45, 2.75) is 86.0 Å². The van der Waals surface area contributed by atoms with Gasteiger partial charge in [-0.3, -0.25) is 14.4 Å². The molecule has 68 heavy (non-hydrogen) atoms. The number of Topliss-reactive ketones (excluding diaryl/α,β-unsaturated/α-hetero) is 3. The predicted molar refractivity (Wildman–Crippen MR) is 264 cm³/mol. The van der Waals surface area contributed by atoms with Crippen LogP contribution in [-0.4, -0.2) is 67.8 Å². The van der Waals surface area contributed by atoms with E-state index in [2.05, 4.69) is 13.8 Å². The second kappa shape index (κ2) is 26.2. The fourth-order valence-electron chi connectivity index (χ4n) is 6.84. The zero-order valence-electron chi connectivity index (χ0n) is 39.3. The quantitative estimate of drug-likeness (QED) is 0.0420. The highest BCUT2D eigenvalue weighted by atomic mass is 35.5. The Labute approximate surface area is 403 Å². The molecule has 6 N–H and O–H groups in total. The topological polar surface area (TPSA) is 200 Å². The van der Waals surface area contributed by atoms with Crippen LogP contribution < -0.4 is 14.2 Å². The number of phenolic OH excluding ortho intramolecular Hbond substituents is 6. The van der Waals surface area contributed by atoms with Gasteiger partial charge in [0, 0.05) is 18.2 Å². The van der Waals surface area contributed by atoms with Crippen molar-refractivity contribution < 1.29 is 59.2 Å². The Kier molecular flexibility index (Phi) is 20.6. The summed E-state index contributed by atoms with van der Waals surface area (Å²) in [5, 5.41) is 59.4. The number of phenols is 6. The minimum Gasteiger partial charge on any atom is -0.508 e. The summed E-state index contributed by atoms with van der Waals surface area (Å²) < 4.78 is 16.4. The molecule has 6 aromatic rings. The van der Waals surface area contributed by atoms with Crippen LogP contribution >= 0.6 is 11.6 Å². The highest BCUT2D eigenvalue weighted by Gasteiger charge is 2.19. The van der Waals surface area contributed by atoms with E-state index in [4.69, 9.17) is 25.8 Å². The van der Waals surface area contributed by atoms with Gasteiger partial charge in [0.25, 0.3) is 0 Å². The van der Waals surface area contributed by atoms with E-state index in [1.165, 1.54) is 35.9 Å². The van der Waals surface area contributed by atoms with Crippen LogP contribution in [0.5, 0.6) is 51.7 Å². The van der Waals surface area contributed by atoms with Gasteiger partial charge >= 0.3 is 0 Å². The van der Waals surface area contributed by atoms with Gasteiger partial charge in [0.15, 0.2) is 19.8 Å². The molecule has 0 amide bonds. The lowest BCUT2D eigenvalue weighted by molar-refractivity contribution is 0.0911. The molecule has 0 aliphatic rings. The molecule has 0 heterocycles. The largest absolute Gasteiger partial charge is 0.508 e. The Morgan fingerprint density at radius 3 is 1.24 bits per heavy atom. The average Bonchev–Trinajstić information content (AvgIpc) is 3.31. The number of carbonyl (C=O) groups is 3. The second-order valence-electron chi connectivity index (χ2n) is 16.3. The summed E-state index contributed by atoms with van der Waals surface area (Å²) in [5.41, 5.74) is 4.56. The lowest BCUT2D eigenvalue weighted by atomic mass is 10.0. The van der Waals surface area contributed by atoms with E-state index < -0.39 is 0 Å². The molecule has 0 saturated heterocycles. The van der Waals surface area contributed by atoms with Gasteiger partial charge in [0.05, 0.1) is 21.7 Å². The van der Waals surface area contributed by atoms with Gasteiger partial charge < -0.3 is 44.8 Å². The first-order valence-corrected chi connectivity index (χ1v) is 22.9. The van der Waals surface area contributed by atoms with E-state index in [1.54, 1.807) is 36.4 Å². The third-order valence-electron chi connectivity index (χ3n) is 10.6. The van der Waals surface area contributed by atoms with Crippen molar-refractivity contribution >= 4 is 29.0 Å².